The van der Waals surface area contributed by atoms with Crippen molar-refractivity contribution in [3.63, 3.8) is 0 Å². The van der Waals surface area contributed by atoms with Gasteiger partial charge in [0.25, 0.3) is 5.91 Å². The normalized spacial score (nSPS) is 18.0. The van der Waals surface area contributed by atoms with Gasteiger partial charge in [-0.05, 0) is 67.8 Å². The van der Waals surface area contributed by atoms with Gasteiger partial charge in [-0.3, -0.25) is 10.0 Å². The van der Waals surface area contributed by atoms with Crippen molar-refractivity contribution in [3.05, 3.63) is 48.5 Å². The number of carbonyl (C=O) groups is 1. The largest absolute Gasteiger partial charge is 0.494 e. The van der Waals surface area contributed by atoms with Crippen LogP contribution in [0.2, 0.25) is 0 Å². The lowest BCUT2D eigenvalue weighted by atomic mass is 9.94. The molecule has 0 bridgehead atoms. The smallest absolute Gasteiger partial charge is 0.461 e. The van der Waals surface area contributed by atoms with Crippen molar-refractivity contribution in [1.82, 2.24) is 9.79 Å². The molecule has 2 aromatic rings. The highest BCUT2D eigenvalue weighted by molar-refractivity contribution is 7.91. The summed E-state index contributed by atoms with van der Waals surface area (Å²) >= 11 is 0. The molecule has 2 N–H and O–H groups in total. The van der Waals surface area contributed by atoms with E-state index in [-0.39, 0.29) is 39.0 Å². The fraction of sp³-hybridized carbons (Fsp3) is 0.536. The Hall–Kier alpha value is -3.30. The summed E-state index contributed by atoms with van der Waals surface area (Å²) in [6, 6.07) is 12.6. The molecule has 2 aliphatic heterocycles. The number of rotatable bonds is 12. The molecule has 2 fully saturated rings. The zero-order chi connectivity index (χ0) is 31.3. The van der Waals surface area contributed by atoms with Gasteiger partial charge in [0, 0.05) is 50.6 Å². The van der Waals surface area contributed by atoms with Crippen molar-refractivity contribution in [1.29, 1.82) is 0 Å². The zero-order valence-corrected chi connectivity index (χ0v) is 24.5. The number of nitrogens with one attached hydrogen (secondary N) is 1. The number of nitrogens with zero attached hydrogens (tertiary/aromatic N) is 3. The molecule has 2 aliphatic rings. The van der Waals surface area contributed by atoms with Gasteiger partial charge in [0.2, 0.25) is 10.0 Å². The van der Waals surface area contributed by atoms with Crippen LogP contribution < -0.4 is 24.8 Å². The average Bonchev–Trinajstić information content (AvgIpc) is 3.01. The number of benzene rings is 2. The predicted molar refractivity (Wildman–Crippen MR) is 152 cm³/mol. The number of hydrogen-bond donors (Lipinski definition) is 2. The van der Waals surface area contributed by atoms with E-state index in [9.17, 15) is 36.0 Å². The maximum atomic E-state index is 13.9. The first kappa shape index (κ1) is 32.6. The first-order chi connectivity index (χ1) is 20.4. The lowest BCUT2D eigenvalue weighted by Crippen LogP contribution is -2.63. The van der Waals surface area contributed by atoms with E-state index in [1.54, 1.807) is 4.90 Å². The molecule has 238 valence electrons. The van der Waals surface area contributed by atoms with E-state index in [4.69, 9.17) is 4.74 Å². The van der Waals surface area contributed by atoms with Crippen molar-refractivity contribution in [3.8, 4) is 11.5 Å². The third kappa shape index (κ3) is 7.10. The molecule has 0 aromatic heterocycles. The lowest BCUT2D eigenvalue weighted by molar-refractivity contribution is -0.253. The van der Waals surface area contributed by atoms with Gasteiger partial charge >= 0.3 is 12.5 Å². The van der Waals surface area contributed by atoms with Crippen LogP contribution in [0, 0.1) is 0 Å². The van der Waals surface area contributed by atoms with Gasteiger partial charge in [-0.15, -0.1) is 0 Å². The van der Waals surface area contributed by atoms with Crippen molar-refractivity contribution in [2.75, 3.05) is 55.7 Å². The van der Waals surface area contributed by atoms with E-state index < -0.39 is 39.0 Å². The molecule has 1 amide bonds. The highest BCUT2D eigenvalue weighted by atomic mass is 32.2. The Labute approximate surface area is 248 Å². The number of sulfonamides is 1. The molecule has 0 atom stereocenters. The Bertz CT molecular complexity index is 1320. The number of alkyl halides is 4. The molecule has 2 saturated heterocycles. The second-order valence-electron chi connectivity index (χ2n) is 10.5. The number of carbonyl (C=O) groups excluding carboxylic acids is 1. The van der Waals surface area contributed by atoms with Crippen LogP contribution in [0.1, 0.15) is 32.6 Å². The molecule has 10 nitrogen and oxygen atoms in total. The average molecular weight is 633 g/mol. The summed E-state index contributed by atoms with van der Waals surface area (Å²) < 4.78 is 88.2. The summed E-state index contributed by atoms with van der Waals surface area (Å²) in [5, 5.41) is 9.50. The van der Waals surface area contributed by atoms with Gasteiger partial charge in [-0.2, -0.15) is 21.9 Å². The Morgan fingerprint density at radius 2 is 1.44 bits per heavy atom. The van der Waals surface area contributed by atoms with E-state index in [2.05, 4.69) is 11.7 Å². The van der Waals surface area contributed by atoms with Crippen LogP contribution >= 0.6 is 0 Å². The molecular weight excluding hydrogens is 596 g/mol. The number of hydroxylamine groups is 1. The van der Waals surface area contributed by atoms with Crippen LogP contribution in [0.15, 0.2) is 48.5 Å². The summed E-state index contributed by atoms with van der Waals surface area (Å²) in [6.45, 7) is 3.99. The van der Waals surface area contributed by atoms with Gasteiger partial charge in [0.05, 0.1) is 6.61 Å². The molecule has 2 aromatic carbocycles. The fourth-order valence-electron chi connectivity index (χ4n) is 5.28. The molecule has 0 unspecified atom stereocenters. The fourth-order valence-corrected chi connectivity index (χ4v) is 7.39. The van der Waals surface area contributed by atoms with Crippen molar-refractivity contribution < 1.29 is 45.5 Å². The number of halogens is 4. The highest BCUT2D eigenvalue weighted by Gasteiger charge is 2.55. The van der Waals surface area contributed by atoms with Gasteiger partial charge in [0.15, 0.2) is 4.75 Å². The summed E-state index contributed by atoms with van der Waals surface area (Å²) in [7, 11) is -4.21. The maximum absolute atomic E-state index is 13.9. The first-order valence-corrected chi connectivity index (χ1v) is 15.5. The molecule has 0 aliphatic carbocycles. The van der Waals surface area contributed by atoms with E-state index in [0.717, 1.165) is 36.4 Å². The SMILES string of the molecule is CCCCOc1ccc(N2CCN(S(=O)(=O)C3(C(=O)NO)CCN(c4ccc(OC(F)(F)C(F)F)cc4)CC3)CC2)cc1. The Morgan fingerprint density at radius 3 is 1.93 bits per heavy atom. The molecule has 15 heteroatoms. The number of anilines is 2. The van der Waals surface area contributed by atoms with Crippen LogP contribution in [0.25, 0.3) is 0 Å². The van der Waals surface area contributed by atoms with E-state index in [1.165, 1.54) is 21.9 Å². The minimum absolute atomic E-state index is 0.0900. The minimum Gasteiger partial charge on any atom is -0.494 e. The Morgan fingerprint density at radius 1 is 0.930 bits per heavy atom. The molecule has 2 heterocycles. The molecule has 0 saturated carbocycles. The number of piperidine rings is 1. The van der Waals surface area contributed by atoms with Gasteiger partial charge in [-0.25, -0.2) is 13.9 Å². The summed E-state index contributed by atoms with van der Waals surface area (Å²) in [5.41, 5.74) is 2.96. The van der Waals surface area contributed by atoms with Crippen LogP contribution in [-0.4, -0.2) is 87.0 Å². The molecule has 43 heavy (non-hydrogen) atoms. The molecule has 4 rings (SSSR count). The minimum atomic E-state index is -4.64. The van der Waals surface area contributed by atoms with Crippen LogP contribution in [0.5, 0.6) is 11.5 Å². The van der Waals surface area contributed by atoms with E-state index >= 15 is 0 Å². The number of hydrogen-bond acceptors (Lipinski definition) is 8. The predicted octanol–water partition coefficient (Wildman–Crippen LogP) is 4.10. The topological polar surface area (TPSA) is 112 Å². The van der Waals surface area contributed by atoms with E-state index in [0.29, 0.717) is 25.4 Å². The van der Waals surface area contributed by atoms with Crippen molar-refractivity contribution in [2.24, 2.45) is 0 Å². The Balaban J connectivity index is 1.39. The second kappa shape index (κ2) is 13.6. The molecule has 0 radical (unpaired) electrons. The third-order valence-electron chi connectivity index (χ3n) is 7.84. The third-order valence-corrected chi connectivity index (χ3v) is 10.5. The number of unbranched alkanes of at least 4 members (excludes halogenated alkanes) is 1. The van der Waals surface area contributed by atoms with Crippen LogP contribution in [-0.2, 0) is 14.8 Å². The second-order valence-corrected chi connectivity index (χ2v) is 12.7. The summed E-state index contributed by atoms with van der Waals surface area (Å²) in [5.74, 6) is -0.719. The van der Waals surface area contributed by atoms with Gasteiger partial charge < -0.3 is 19.3 Å². The van der Waals surface area contributed by atoms with Crippen molar-refractivity contribution in [2.45, 2.75) is 49.9 Å². The lowest BCUT2D eigenvalue weighted by Gasteiger charge is -2.44. The van der Waals surface area contributed by atoms with Gasteiger partial charge in [-0.1, -0.05) is 13.3 Å². The van der Waals surface area contributed by atoms with E-state index in [1.807, 2.05) is 29.2 Å². The number of amides is 1. The monoisotopic (exact) mass is 632 g/mol. The van der Waals surface area contributed by atoms with Crippen LogP contribution in [0.4, 0.5) is 28.9 Å². The molecule has 0 spiro atoms. The standard InChI is InChI=1S/C28H36F4N4O6S/c1-2-3-20-41-23-8-4-22(5-9-23)35-16-18-36(19-17-35)43(39,40)27(26(37)33-38)12-14-34(15-13-27)21-6-10-24(11-7-21)42-28(31,32)25(29)30/h4-11,25,38H,2-3,12-20H2,1H3,(H,33,37). The summed E-state index contributed by atoms with van der Waals surface area (Å²) in [4.78, 5) is 16.7. The maximum Gasteiger partial charge on any atom is 0.461 e. The number of piperazine rings is 1. The first-order valence-electron chi connectivity index (χ1n) is 14.1. The van der Waals surface area contributed by atoms with Crippen LogP contribution in [0.3, 0.4) is 0 Å². The molecular formula is C28H36F4N4O6S. The van der Waals surface area contributed by atoms with Crippen molar-refractivity contribution >= 4 is 27.3 Å². The zero-order valence-electron chi connectivity index (χ0n) is 23.7. The number of ether oxygens (including phenoxy) is 2. The summed E-state index contributed by atoms with van der Waals surface area (Å²) in [6.07, 6.45) is -6.94. The quantitative estimate of drug-likeness (QED) is 0.156. The van der Waals surface area contributed by atoms with Gasteiger partial charge in [0.1, 0.15) is 11.5 Å². The Kier molecular flexibility index (Phi) is 10.3. The highest BCUT2D eigenvalue weighted by Crippen LogP contribution is 2.37.